The quantitative estimate of drug-likeness (QED) is 0.834. The summed E-state index contributed by atoms with van der Waals surface area (Å²) in [4.78, 5) is 27.4. The zero-order valence-electron chi connectivity index (χ0n) is 12.5. The number of carbonyl (C=O) groups excluding carboxylic acids is 2. The van der Waals surface area contributed by atoms with Crippen LogP contribution in [0.4, 0.5) is 11.4 Å². The molecule has 1 aliphatic rings. The van der Waals surface area contributed by atoms with E-state index in [4.69, 9.17) is 0 Å². The maximum absolute atomic E-state index is 11.9. The number of nitrogens with one attached hydrogen (secondary N) is 2. The average molecular weight is 307 g/mol. The molecule has 23 heavy (non-hydrogen) atoms. The van der Waals surface area contributed by atoms with E-state index in [0.29, 0.717) is 5.69 Å². The van der Waals surface area contributed by atoms with Crippen molar-refractivity contribution < 1.29 is 9.59 Å². The highest BCUT2D eigenvalue weighted by Crippen LogP contribution is 2.30. The molecule has 0 radical (unpaired) electrons. The summed E-state index contributed by atoms with van der Waals surface area (Å²) in [7, 11) is 0. The predicted molar refractivity (Wildman–Crippen MR) is 89.7 cm³/mol. The van der Waals surface area contributed by atoms with Gasteiger partial charge in [-0.3, -0.25) is 14.6 Å². The molecule has 0 unspecified atom stereocenters. The predicted octanol–water partition coefficient (Wildman–Crippen LogP) is 3.08. The summed E-state index contributed by atoms with van der Waals surface area (Å²) in [5, 5.41) is 5.63. The van der Waals surface area contributed by atoms with E-state index in [-0.39, 0.29) is 17.7 Å². The Bertz CT molecular complexity index is 720. The Balaban J connectivity index is 1.54. The van der Waals surface area contributed by atoms with Crippen LogP contribution in [0.3, 0.4) is 0 Å². The summed E-state index contributed by atoms with van der Waals surface area (Å²) in [6.07, 6.45) is 8.49. The SMILES string of the molecule is O=C(/C=C/c1ccncc1)Nc1ccc(NC(=O)C2CC2)cc1. The van der Waals surface area contributed by atoms with Crippen LogP contribution in [0.2, 0.25) is 0 Å². The van der Waals surface area contributed by atoms with Gasteiger partial charge in [0, 0.05) is 35.8 Å². The first kappa shape index (κ1) is 15.0. The van der Waals surface area contributed by atoms with Crippen molar-refractivity contribution in [3.8, 4) is 0 Å². The molecule has 2 aromatic rings. The molecule has 116 valence electrons. The molecule has 0 bridgehead atoms. The molecule has 0 spiro atoms. The number of aromatic nitrogens is 1. The minimum absolute atomic E-state index is 0.0714. The summed E-state index contributed by atoms with van der Waals surface area (Å²) < 4.78 is 0. The van der Waals surface area contributed by atoms with Gasteiger partial charge >= 0.3 is 0 Å². The maximum atomic E-state index is 11.9. The van der Waals surface area contributed by atoms with Crippen LogP contribution in [0, 0.1) is 5.92 Å². The van der Waals surface area contributed by atoms with E-state index in [0.717, 1.165) is 24.1 Å². The van der Waals surface area contributed by atoms with Crippen LogP contribution in [0.15, 0.2) is 54.9 Å². The molecular formula is C18H17N3O2. The second-order valence-corrected chi connectivity index (χ2v) is 5.44. The van der Waals surface area contributed by atoms with E-state index in [1.54, 1.807) is 42.7 Å². The fourth-order valence-electron chi connectivity index (χ4n) is 2.06. The van der Waals surface area contributed by atoms with Gasteiger partial charge < -0.3 is 10.6 Å². The number of rotatable bonds is 5. The van der Waals surface area contributed by atoms with Crippen molar-refractivity contribution in [1.82, 2.24) is 4.98 Å². The molecule has 1 aromatic carbocycles. The molecule has 1 heterocycles. The fraction of sp³-hybridized carbons (Fsp3) is 0.167. The van der Waals surface area contributed by atoms with Crippen LogP contribution in [-0.2, 0) is 9.59 Å². The lowest BCUT2D eigenvalue weighted by atomic mass is 10.2. The number of pyridine rings is 1. The molecule has 2 N–H and O–H groups in total. The zero-order valence-corrected chi connectivity index (χ0v) is 12.5. The van der Waals surface area contributed by atoms with Gasteiger partial charge in [-0.2, -0.15) is 0 Å². The van der Waals surface area contributed by atoms with Gasteiger partial charge in [-0.1, -0.05) is 0 Å². The number of amides is 2. The summed E-state index contributed by atoms with van der Waals surface area (Å²) in [5.41, 5.74) is 2.33. The van der Waals surface area contributed by atoms with Crippen molar-refractivity contribution >= 4 is 29.3 Å². The third-order valence-electron chi connectivity index (χ3n) is 3.50. The summed E-state index contributed by atoms with van der Waals surface area (Å²) in [5.74, 6) is 0.0337. The van der Waals surface area contributed by atoms with Gasteiger partial charge in [0.2, 0.25) is 11.8 Å². The first-order valence-electron chi connectivity index (χ1n) is 7.51. The summed E-state index contributed by atoms with van der Waals surface area (Å²) >= 11 is 0. The van der Waals surface area contributed by atoms with E-state index < -0.39 is 0 Å². The Morgan fingerprint density at radius 1 is 0.957 bits per heavy atom. The first-order valence-corrected chi connectivity index (χ1v) is 7.51. The van der Waals surface area contributed by atoms with Crippen molar-refractivity contribution in [2.24, 2.45) is 5.92 Å². The normalized spacial score (nSPS) is 13.7. The topological polar surface area (TPSA) is 71.1 Å². The minimum Gasteiger partial charge on any atom is -0.326 e. The van der Waals surface area contributed by atoms with Crippen molar-refractivity contribution in [2.75, 3.05) is 10.6 Å². The third kappa shape index (κ3) is 4.51. The molecule has 3 rings (SSSR count). The largest absolute Gasteiger partial charge is 0.326 e. The number of anilines is 2. The fourth-order valence-corrected chi connectivity index (χ4v) is 2.06. The Morgan fingerprint density at radius 2 is 1.57 bits per heavy atom. The van der Waals surface area contributed by atoms with Gasteiger partial charge in [-0.05, 0) is 60.9 Å². The number of benzene rings is 1. The molecule has 5 heteroatoms. The van der Waals surface area contributed by atoms with E-state index in [9.17, 15) is 9.59 Å². The van der Waals surface area contributed by atoms with Crippen LogP contribution >= 0.6 is 0 Å². The zero-order chi connectivity index (χ0) is 16.1. The van der Waals surface area contributed by atoms with Gasteiger partial charge in [-0.25, -0.2) is 0 Å². The van der Waals surface area contributed by atoms with Crippen LogP contribution in [0.1, 0.15) is 18.4 Å². The molecule has 0 saturated heterocycles. The third-order valence-corrected chi connectivity index (χ3v) is 3.50. The van der Waals surface area contributed by atoms with Crippen LogP contribution in [0.25, 0.3) is 6.08 Å². The van der Waals surface area contributed by atoms with E-state index in [2.05, 4.69) is 15.6 Å². The number of nitrogens with zero attached hydrogens (tertiary/aromatic N) is 1. The van der Waals surface area contributed by atoms with Crippen LogP contribution in [0.5, 0.6) is 0 Å². The van der Waals surface area contributed by atoms with Gasteiger partial charge in [0.05, 0.1) is 0 Å². The van der Waals surface area contributed by atoms with Crippen molar-refractivity contribution in [3.63, 3.8) is 0 Å². The highest BCUT2D eigenvalue weighted by molar-refractivity contribution is 6.02. The van der Waals surface area contributed by atoms with Gasteiger partial charge in [0.25, 0.3) is 0 Å². The monoisotopic (exact) mass is 307 g/mol. The highest BCUT2D eigenvalue weighted by Gasteiger charge is 2.29. The lowest BCUT2D eigenvalue weighted by Crippen LogP contribution is -2.13. The molecular weight excluding hydrogens is 290 g/mol. The molecule has 1 aromatic heterocycles. The second kappa shape index (κ2) is 6.87. The second-order valence-electron chi connectivity index (χ2n) is 5.44. The molecule has 1 aliphatic carbocycles. The smallest absolute Gasteiger partial charge is 0.248 e. The van der Waals surface area contributed by atoms with Crippen LogP contribution < -0.4 is 10.6 Å². The van der Waals surface area contributed by atoms with E-state index in [1.807, 2.05) is 12.1 Å². The minimum atomic E-state index is -0.212. The molecule has 0 aliphatic heterocycles. The van der Waals surface area contributed by atoms with Gasteiger partial charge in [-0.15, -0.1) is 0 Å². The Morgan fingerprint density at radius 3 is 2.17 bits per heavy atom. The number of hydrogen-bond donors (Lipinski definition) is 2. The maximum Gasteiger partial charge on any atom is 0.248 e. The Labute approximate surface area is 134 Å². The van der Waals surface area contributed by atoms with Gasteiger partial charge in [0.15, 0.2) is 0 Å². The first-order chi connectivity index (χ1) is 11.2. The van der Waals surface area contributed by atoms with Crippen molar-refractivity contribution in [1.29, 1.82) is 0 Å². The molecule has 2 amide bonds. The average Bonchev–Trinajstić information content (AvgIpc) is 3.41. The molecule has 5 nitrogen and oxygen atoms in total. The Hall–Kier alpha value is -2.95. The number of carbonyl (C=O) groups is 2. The van der Waals surface area contributed by atoms with Crippen molar-refractivity contribution in [2.45, 2.75) is 12.8 Å². The lowest BCUT2D eigenvalue weighted by molar-refractivity contribution is -0.117. The molecule has 1 saturated carbocycles. The van der Waals surface area contributed by atoms with Gasteiger partial charge in [0.1, 0.15) is 0 Å². The molecule has 0 atom stereocenters. The highest BCUT2D eigenvalue weighted by atomic mass is 16.2. The number of hydrogen-bond acceptors (Lipinski definition) is 3. The summed E-state index contributed by atoms with van der Waals surface area (Å²) in [6.45, 7) is 0. The molecule has 1 fully saturated rings. The van der Waals surface area contributed by atoms with Crippen molar-refractivity contribution in [3.05, 3.63) is 60.4 Å². The standard InChI is InChI=1S/C18H17N3O2/c22-17(8-1-13-9-11-19-12-10-13)20-15-4-6-16(7-5-15)21-18(23)14-2-3-14/h1,4-12,14H,2-3H2,(H,20,22)(H,21,23)/b8-1+. The lowest BCUT2D eigenvalue weighted by Gasteiger charge is -2.06. The summed E-state index contributed by atoms with van der Waals surface area (Å²) in [6, 6.07) is 10.7. The van der Waals surface area contributed by atoms with Crippen LogP contribution in [-0.4, -0.2) is 16.8 Å². The Kier molecular flexibility index (Phi) is 4.47. The van der Waals surface area contributed by atoms with E-state index in [1.165, 1.54) is 6.08 Å². The van der Waals surface area contributed by atoms with E-state index >= 15 is 0 Å².